The number of halogens is 1. The summed E-state index contributed by atoms with van der Waals surface area (Å²) in [6, 6.07) is 9.45. The van der Waals surface area contributed by atoms with E-state index in [4.69, 9.17) is 14.6 Å². The highest BCUT2D eigenvalue weighted by molar-refractivity contribution is 8.13. The third-order valence-electron chi connectivity index (χ3n) is 11.3. The number of thioether (sulfide) groups is 1. The van der Waals surface area contributed by atoms with Crippen LogP contribution in [0.3, 0.4) is 0 Å². The van der Waals surface area contributed by atoms with E-state index in [9.17, 15) is 24.2 Å². The van der Waals surface area contributed by atoms with Gasteiger partial charge in [-0.2, -0.15) is 0 Å². The number of carbonyl (C=O) groups is 2. The zero-order chi connectivity index (χ0) is 32.0. The standard InChI is InChI=1S/C35H41FN2O6S/c1-33-18-21(20-37)27(38-24-9-7-23(36)8-10-24)17-22(33)6-11-25-26-12-13-35(32(42)45-16-4-14-39,34(26,2)19-28(40)30(25)33)44-31(41)29-5-3-15-43-29/h3,5,7-10,15,17,20,25-26,28,30,37-40H,4,6,11-14,16,18-19H2,1-2H3/p+1/t25-,26?,28-,30?,33-,34-,35-/m0/s1. The van der Waals surface area contributed by atoms with Gasteiger partial charge in [0.05, 0.1) is 12.4 Å². The molecule has 10 heteroatoms. The second-order valence-electron chi connectivity index (χ2n) is 13.6. The molecular weight excluding hydrogens is 595 g/mol. The lowest BCUT2D eigenvalue weighted by Crippen LogP contribution is -2.76. The number of fused-ring (bicyclic) bond motifs is 5. The molecule has 1 heterocycles. The quantitative estimate of drug-likeness (QED) is 0.127. The summed E-state index contributed by atoms with van der Waals surface area (Å²) in [4.78, 5) is 27.4. The Morgan fingerprint density at radius 1 is 1.22 bits per heavy atom. The molecule has 5 N–H and O–H groups in total. The minimum Gasteiger partial charge on any atom is -0.457 e. The number of hydrogen-bond donors (Lipinski definition) is 4. The van der Waals surface area contributed by atoms with Gasteiger partial charge in [-0.3, -0.25) is 10.1 Å². The number of esters is 1. The number of nitrogens with one attached hydrogen (secondary N) is 1. The summed E-state index contributed by atoms with van der Waals surface area (Å²) in [5.41, 5.74) is 1.30. The monoisotopic (exact) mass is 637 g/mol. The zero-order valence-electron chi connectivity index (χ0n) is 25.8. The summed E-state index contributed by atoms with van der Waals surface area (Å²) >= 11 is 1.09. The summed E-state index contributed by atoms with van der Waals surface area (Å²) in [5, 5.41) is 31.5. The van der Waals surface area contributed by atoms with Crippen LogP contribution in [-0.4, -0.2) is 51.6 Å². The summed E-state index contributed by atoms with van der Waals surface area (Å²) in [5.74, 6) is -0.500. The Morgan fingerprint density at radius 3 is 2.69 bits per heavy atom. The first kappa shape index (κ1) is 31.9. The first-order valence-corrected chi connectivity index (χ1v) is 16.8. The van der Waals surface area contributed by atoms with Crippen LogP contribution in [0.5, 0.6) is 0 Å². The van der Waals surface area contributed by atoms with Gasteiger partial charge in [0.2, 0.25) is 10.9 Å². The molecule has 4 aliphatic rings. The molecule has 6 rings (SSSR count). The number of allylic oxidation sites excluding steroid dienone is 3. The number of furan rings is 1. The normalized spacial score (nSPS) is 33.9. The van der Waals surface area contributed by atoms with Gasteiger partial charge in [-0.1, -0.05) is 31.2 Å². The van der Waals surface area contributed by atoms with Crippen molar-refractivity contribution in [2.45, 2.75) is 70.5 Å². The molecule has 0 spiro atoms. The molecule has 0 saturated heterocycles. The molecule has 1 aromatic carbocycles. The molecule has 1 aromatic heterocycles. The SMILES string of the molecule is C[C@]12CC(C=N)=C([NH2+]c3ccc(F)cc3)C=C1CC[C@@H]1C2[C@@H](O)C[C@@]2(C)C1CC[C@]2(OC(=O)c1ccco1)C(=O)SCCCO. The predicted octanol–water partition coefficient (Wildman–Crippen LogP) is 5.30. The molecule has 8 nitrogen and oxygen atoms in total. The maximum absolute atomic E-state index is 14.1. The van der Waals surface area contributed by atoms with Crippen LogP contribution >= 0.6 is 11.8 Å². The smallest absolute Gasteiger partial charge is 0.375 e. The van der Waals surface area contributed by atoms with E-state index < -0.39 is 23.1 Å². The molecule has 0 aliphatic heterocycles. The Labute approximate surface area is 267 Å². The van der Waals surface area contributed by atoms with Crippen LogP contribution in [0.25, 0.3) is 0 Å². The molecular formula is C35H42FN2O6S+. The molecule has 240 valence electrons. The van der Waals surface area contributed by atoms with Crippen LogP contribution < -0.4 is 5.32 Å². The van der Waals surface area contributed by atoms with Crippen LogP contribution in [-0.2, 0) is 9.53 Å². The average Bonchev–Trinajstić information content (AvgIpc) is 3.65. The number of hydrogen-bond acceptors (Lipinski definition) is 8. The van der Waals surface area contributed by atoms with Gasteiger partial charge in [0.1, 0.15) is 17.2 Å². The van der Waals surface area contributed by atoms with E-state index in [0.717, 1.165) is 41.6 Å². The van der Waals surface area contributed by atoms with E-state index in [0.29, 0.717) is 37.9 Å². The van der Waals surface area contributed by atoms with Gasteiger partial charge in [0.25, 0.3) is 0 Å². The number of nitrogens with two attached hydrogens (primary N) is 1. The minimum atomic E-state index is -1.44. The Kier molecular flexibility index (Phi) is 8.71. The van der Waals surface area contributed by atoms with Gasteiger partial charge in [-0.25, -0.2) is 9.18 Å². The van der Waals surface area contributed by atoms with Crippen molar-refractivity contribution in [2.75, 3.05) is 12.4 Å². The number of carbonyl (C=O) groups excluding carboxylic acids is 2. The molecule has 45 heavy (non-hydrogen) atoms. The maximum Gasteiger partial charge on any atom is 0.375 e. The number of aliphatic hydroxyl groups is 2. The van der Waals surface area contributed by atoms with Crippen LogP contribution in [0.2, 0.25) is 0 Å². The van der Waals surface area contributed by atoms with Gasteiger partial charge >= 0.3 is 5.97 Å². The van der Waals surface area contributed by atoms with Crippen molar-refractivity contribution in [3.05, 3.63) is 77.2 Å². The molecule has 7 atom stereocenters. The van der Waals surface area contributed by atoms with Gasteiger partial charge in [0.15, 0.2) is 5.60 Å². The van der Waals surface area contributed by atoms with Crippen molar-refractivity contribution < 1.29 is 38.7 Å². The third kappa shape index (κ3) is 5.33. The van der Waals surface area contributed by atoms with Gasteiger partial charge in [-0.05, 0) is 98.5 Å². The highest BCUT2D eigenvalue weighted by Gasteiger charge is 2.70. The average molecular weight is 638 g/mol. The molecule has 0 radical (unpaired) electrons. The Morgan fingerprint density at radius 2 is 2.00 bits per heavy atom. The van der Waals surface area contributed by atoms with E-state index in [1.165, 1.54) is 36.2 Å². The van der Waals surface area contributed by atoms with Crippen molar-refractivity contribution in [1.29, 1.82) is 5.41 Å². The summed E-state index contributed by atoms with van der Waals surface area (Å²) in [6.45, 7) is 4.18. The molecule has 4 aliphatic carbocycles. The molecule has 2 aromatic rings. The van der Waals surface area contributed by atoms with Gasteiger partial charge < -0.3 is 24.8 Å². The molecule has 2 unspecified atom stereocenters. The Bertz CT molecular complexity index is 1520. The van der Waals surface area contributed by atoms with Crippen molar-refractivity contribution in [3.8, 4) is 0 Å². The largest absolute Gasteiger partial charge is 0.457 e. The number of aliphatic hydroxyl groups excluding tert-OH is 2. The summed E-state index contributed by atoms with van der Waals surface area (Å²) in [6.07, 6.45) is 8.26. The lowest BCUT2D eigenvalue weighted by atomic mass is 9.45. The summed E-state index contributed by atoms with van der Waals surface area (Å²) < 4.78 is 25.1. The van der Waals surface area contributed by atoms with Crippen LogP contribution in [0, 0.1) is 39.8 Å². The number of benzene rings is 1. The lowest BCUT2D eigenvalue weighted by molar-refractivity contribution is -0.513. The Hall–Kier alpha value is -3.05. The van der Waals surface area contributed by atoms with Gasteiger partial charge in [0, 0.05) is 41.7 Å². The second kappa shape index (κ2) is 12.3. The van der Waals surface area contributed by atoms with Crippen molar-refractivity contribution in [1.82, 2.24) is 0 Å². The van der Waals surface area contributed by atoms with Crippen LogP contribution in [0.4, 0.5) is 10.1 Å². The fourth-order valence-electron chi connectivity index (χ4n) is 9.21. The third-order valence-corrected chi connectivity index (χ3v) is 12.4. The lowest BCUT2D eigenvalue weighted by Gasteiger charge is -2.60. The highest BCUT2D eigenvalue weighted by atomic mass is 32.2. The second-order valence-corrected chi connectivity index (χ2v) is 14.6. The Balaban J connectivity index is 1.31. The van der Waals surface area contributed by atoms with E-state index in [-0.39, 0.29) is 46.5 Å². The highest BCUT2D eigenvalue weighted by Crippen LogP contribution is 2.69. The molecule has 0 bridgehead atoms. The summed E-state index contributed by atoms with van der Waals surface area (Å²) in [7, 11) is 0. The number of rotatable bonds is 9. The first-order chi connectivity index (χ1) is 21.6. The van der Waals surface area contributed by atoms with Gasteiger partial charge in [-0.15, -0.1) is 0 Å². The fraction of sp³-hybridized carbons (Fsp3) is 0.514. The van der Waals surface area contributed by atoms with Crippen LogP contribution in [0.1, 0.15) is 69.3 Å². The maximum atomic E-state index is 14.1. The van der Waals surface area contributed by atoms with Crippen molar-refractivity contribution >= 4 is 34.7 Å². The van der Waals surface area contributed by atoms with Crippen molar-refractivity contribution in [2.24, 2.45) is 28.6 Å². The predicted molar refractivity (Wildman–Crippen MR) is 168 cm³/mol. The number of quaternary nitrogens is 1. The zero-order valence-corrected chi connectivity index (χ0v) is 26.6. The van der Waals surface area contributed by atoms with E-state index in [1.54, 1.807) is 18.2 Å². The molecule has 3 saturated carbocycles. The van der Waals surface area contributed by atoms with Crippen molar-refractivity contribution in [3.63, 3.8) is 0 Å². The number of ether oxygens (including phenoxy) is 1. The topological polar surface area (TPSA) is 137 Å². The van der Waals surface area contributed by atoms with E-state index in [2.05, 4.69) is 13.0 Å². The van der Waals surface area contributed by atoms with E-state index in [1.807, 2.05) is 12.2 Å². The molecule has 0 amide bonds. The first-order valence-electron chi connectivity index (χ1n) is 15.8. The minimum absolute atomic E-state index is 0.0326. The molecule has 3 fully saturated rings. The fourth-order valence-corrected chi connectivity index (χ4v) is 10.3. The van der Waals surface area contributed by atoms with E-state index >= 15 is 0 Å². The van der Waals surface area contributed by atoms with Crippen LogP contribution in [0.15, 0.2) is 70.0 Å².